The van der Waals surface area contributed by atoms with Gasteiger partial charge in [-0.25, -0.2) is 0 Å². The Morgan fingerprint density at radius 2 is 2.04 bits per heavy atom. The lowest BCUT2D eigenvalue weighted by Gasteiger charge is -2.14. The van der Waals surface area contributed by atoms with E-state index in [1.807, 2.05) is 29.2 Å². The molecule has 0 radical (unpaired) electrons. The second-order valence-corrected chi connectivity index (χ2v) is 5.83. The Labute approximate surface area is 141 Å². The Morgan fingerprint density at radius 3 is 2.75 bits per heavy atom. The SMILES string of the molecule is COc1cccc(CCNc2ccc(C(=O)N3CCCC3)nn2)c1. The van der Waals surface area contributed by atoms with Crippen LogP contribution < -0.4 is 10.1 Å². The molecule has 0 bridgehead atoms. The van der Waals surface area contributed by atoms with E-state index in [0.717, 1.165) is 44.6 Å². The van der Waals surface area contributed by atoms with Gasteiger partial charge in [-0.2, -0.15) is 0 Å². The van der Waals surface area contributed by atoms with Crippen LogP contribution in [0.15, 0.2) is 36.4 Å². The van der Waals surface area contributed by atoms with Gasteiger partial charge in [0.25, 0.3) is 5.91 Å². The Morgan fingerprint density at radius 1 is 1.21 bits per heavy atom. The van der Waals surface area contributed by atoms with Crippen molar-refractivity contribution in [2.45, 2.75) is 19.3 Å². The maximum absolute atomic E-state index is 12.2. The first-order valence-electron chi connectivity index (χ1n) is 8.26. The maximum Gasteiger partial charge on any atom is 0.274 e. The zero-order valence-corrected chi connectivity index (χ0v) is 13.9. The standard InChI is InChI=1S/C18H22N4O2/c1-24-15-6-4-5-14(13-15)9-10-19-17-8-7-16(20-21-17)18(23)22-11-2-3-12-22/h4-8,13H,2-3,9-12H2,1H3,(H,19,21). The van der Waals surface area contributed by atoms with E-state index in [1.165, 1.54) is 5.56 Å². The van der Waals surface area contributed by atoms with Crippen molar-refractivity contribution in [1.82, 2.24) is 15.1 Å². The summed E-state index contributed by atoms with van der Waals surface area (Å²) >= 11 is 0. The molecular weight excluding hydrogens is 304 g/mol. The van der Waals surface area contributed by atoms with E-state index in [-0.39, 0.29) is 5.91 Å². The number of hydrogen-bond donors (Lipinski definition) is 1. The van der Waals surface area contributed by atoms with Crippen molar-refractivity contribution in [3.63, 3.8) is 0 Å². The van der Waals surface area contributed by atoms with Crippen LogP contribution in [0.1, 0.15) is 28.9 Å². The van der Waals surface area contributed by atoms with Crippen molar-refractivity contribution in [3.8, 4) is 5.75 Å². The van der Waals surface area contributed by atoms with Crippen molar-refractivity contribution < 1.29 is 9.53 Å². The van der Waals surface area contributed by atoms with Crippen LogP contribution in [-0.4, -0.2) is 47.7 Å². The number of aromatic nitrogens is 2. The number of benzene rings is 1. The normalized spacial score (nSPS) is 13.8. The Bertz CT molecular complexity index is 682. The molecule has 1 aromatic heterocycles. The highest BCUT2D eigenvalue weighted by Crippen LogP contribution is 2.14. The molecule has 1 amide bonds. The smallest absolute Gasteiger partial charge is 0.274 e. The van der Waals surface area contributed by atoms with E-state index in [4.69, 9.17) is 4.74 Å². The number of hydrogen-bond acceptors (Lipinski definition) is 5. The van der Waals surface area contributed by atoms with Gasteiger partial charge in [0, 0.05) is 19.6 Å². The summed E-state index contributed by atoms with van der Waals surface area (Å²) in [5.74, 6) is 1.51. The lowest BCUT2D eigenvalue weighted by molar-refractivity contribution is 0.0786. The second kappa shape index (κ2) is 7.77. The number of anilines is 1. The fraction of sp³-hybridized carbons (Fsp3) is 0.389. The zero-order chi connectivity index (χ0) is 16.8. The molecule has 1 fully saturated rings. The number of ether oxygens (including phenoxy) is 1. The summed E-state index contributed by atoms with van der Waals surface area (Å²) in [5.41, 5.74) is 1.60. The molecule has 6 nitrogen and oxygen atoms in total. The van der Waals surface area contributed by atoms with Gasteiger partial charge in [0.2, 0.25) is 0 Å². The summed E-state index contributed by atoms with van der Waals surface area (Å²) in [4.78, 5) is 14.0. The minimum absolute atomic E-state index is 0.0251. The number of rotatable bonds is 6. The molecule has 3 rings (SSSR count). The molecule has 24 heavy (non-hydrogen) atoms. The van der Waals surface area contributed by atoms with Crippen LogP contribution in [0, 0.1) is 0 Å². The predicted molar refractivity (Wildman–Crippen MR) is 92.4 cm³/mol. The largest absolute Gasteiger partial charge is 0.497 e. The Kier molecular flexibility index (Phi) is 5.25. The topological polar surface area (TPSA) is 67.3 Å². The summed E-state index contributed by atoms with van der Waals surface area (Å²) in [6, 6.07) is 11.5. The minimum atomic E-state index is -0.0251. The highest BCUT2D eigenvalue weighted by atomic mass is 16.5. The summed E-state index contributed by atoms with van der Waals surface area (Å²) in [5, 5.41) is 11.4. The molecule has 2 aromatic rings. The lowest BCUT2D eigenvalue weighted by atomic mass is 10.1. The molecule has 6 heteroatoms. The second-order valence-electron chi connectivity index (χ2n) is 5.83. The van der Waals surface area contributed by atoms with Crippen LogP contribution in [0.25, 0.3) is 0 Å². The van der Waals surface area contributed by atoms with Crippen LogP contribution in [0.4, 0.5) is 5.82 Å². The van der Waals surface area contributed by atoms with Gasteiger partial charge in [-0.1, -0.05) is 12.1 Å². The lowest BCUT2D eigenvalue weighted by Crippen LogP contribution is -2.28. The zero-order valence-electron chi connectivity index (χ0n) is 13.9. The molecule has 1 saturated heterocycles. The van der Waals surface area contributed by atoms with Gasteiger partial charge in [-0.05, 0) is 49.1 Å². The molecule has 1 aliphatic rings. The maximum atomic E-state index is 12.2. The van der Waals surface area contributed by atoms with Crippen LogP contribution in [0.5, 0.6) is 5.75 Å². The van der Waals surface area contributed by atoms with Gasteiger partial charge in [0.1, 0.15) is 11.6 Å². The number of methoxy groups -OCH3 is 1. The highest BCUT2D eigenvalue weighted by molar-refractivity contribution is 5.92. The number of amides is 1. The van der Waals surface area contributed by atoms with Gasteiger partial charge in [-0.15, -0.1) is 10.2 Å². The van der Waals surface area contributed by atoms with E-state index < -0.39 is 0 Å². The summed E-state index contributed by atoms with van der Waals surface area (Å²) in [6.07, 6.45) is 3.00. The van der Waals surface area contributed by atoms with Crippen LogP contribution in [0.2, 0.25) is 0 Å². The van der Waals surface area contributed by atoms with Crippen LogP contribution >= 0.6 is 0 Å². The van der Waals surface area contributed by atoms with Crippen molar-refractivity contribution in [2.24, 2.45) is 0 Å². The van der Waals surface area contributed by atoms with E-state index in [9.17, 15) is 4.79 Å². The summed E-state index contributed by atoms with van der Waals surface area (Å²) < 4.78 is 5.22. The number of carbonyl (C=O) groups excluding carboxylic acids is 1. The average molecular weight is 326 g/mol. The van der Waals surface area contributed by atoms with Gasteiger partial charge >= 0.3 is 0 Å². The quantitative estimate of drug-likeness (QED) is 0.883. The molecule has 0 saturated carbocycles. The van der Waals surface area contributed by atoms with E-state index in [0.29, 0.717) is 11.5 Å². The number of nitrogens with one attached hydrogen (secondary N) is 1. The molecular formula is C18H22N4O2. The summed E-state index contributed by atoms with van der Waals surface area (Å²) in [7, 11) is 1.66. The molecule has 2 heterocycles. The molecule has 1 aromatic carbocycles. The van der Waals surface area contributed by atoms with Crippen molar-refractivity contribution in [1.29, 1.82) is 0 Å². The van der Waals surface area contributed by atoms with E-state index >= 15 is 0 Å². The monoisotopic (exact) mass is 326 g/mol. The molecule has 126 valence electrons. The molecule has 0 unspecified atom stereocenters. The third-order valence-electron chi connectivity index (χ3n) is 4.13. The molecule has 0 atom stereocenters. The van der Waals surface area contributed by atoms with Gasteiger partial charge in [0.15, 0.2) is 5.69 Å². The van der Waals surface area contributed by atoms with Gasteiger partial charge in [-0.3, -0.25) is 4.79 Å². The number of nitrogens with zero attached hydrogens (tertiary/aromatic N) is 3. The first kappa shape index (κ1) is 16.2. The average Bonchev–Trinajstić information content (AvgIpc) is 3.16. The molecule has 1 N–H and O–H groups in total. The van der Waals surface area contributed by atoms with Crippen molar-refractivity contribution in [2.75, 3.05) is 32.1 Å². The van der Waals surface area contributed by atoms with Crippen molar-refractivity contribution >= 4 is 11.7 Å². The first-order chi connectivity index (χ1) is 11.8. The first-order valence-corrected chi connectivity index (χ1v) is 8.26. The Hall–Kier alpha value is -2.63. The van der Waals surface area contributed by atoms with Gasteiger partial charge in [0.05, 0.1) is 7.11 Å². The summed E-state index contributed by atoms with van der Waals surface area (Å²) in [6.45, 7) is 2.38. The molecule has 0 spiro atoms. The fourth-order valence-electron chi connectivity index (χ4n) is 2.79. The van der Waals surface area contributed by atoms with Gasteiger partial charge < -0.3 is 15.0 Å². The number of likely N-dealkylation sites (tertiary alicyclic amines) is 1. The van der Waals surface area contributed by atoms with Crippen molar-refractivity contribution in [3.05, 3.63) is 47.7 Å². The Balaban J connectivity index is 1.51. The fourth-order valence-corrected chi connectivity index (χ4v) is 2.79. The van der Waals surface area contributed by atoms with E-state index in [1.54, 1.807) is 13.2 Å². The third-order valence-corrected chi connectivity index (χ3v) is 4.13. The molecule has 1 aliphatic heterocycles. The molecule has 0 aliphatic carbocycles. The highest BCUT2D eigenvalue weighted by Gasteiger charge is 2.20. The third kappa shape index (κ3) is 4.01. The predicted octanol–water partition coefficient (Wildman–Crippen LogP) is 2.38. The number of carbonyl (C=O) groups is 1. The van der Waals surface area contributed by atoms with Crippen LogP contribution in [-0.2, 0) is 6.42 Å². The van der Waals surface area contributed by atoms with Crippen LogP contribution in [0.3, 0.4) is 0 Å². The minimum Gasteiger partial charge on any atom is -0.497 e. The van der Waals surface area contributed by atoms with E-state index in [2.05, 4.69) is 21.6 Å².